The van der Waals surface area contributed by atoms with Gasteiger partial charge in [0.15, 0.2) is 0 Å². The fraction of sp³-hybridized carbons (Fsp3) is 0.0612. The van der Waals surface area contributed by atoms with E-state index in [0.29, 0.717) is 6.54 Å². The van der Waals surface area contributed by atoms with Gasteiger partial charge in [0.25, 0.3) is 0 Å². The highest BCUT2D eigenvalue weighted by atomic mass is 32.1. The van der Waals surface area contributed by atoms with E-state index in [2.05, 4.69) is 150 Å². The molecule has 4 N–H and O–H groups in total. The van der Waals surface area contributed by atoms with E-state index in [0.717, 1.165) is 22.4 Å². The summed E-state index contributed by atoms with van der Waals surface area (Å²) in [6.45, 7) is 0.585. The predicted octanol–water partition coefficient (Wildman–Crippen LogP) is 12.1. The van der Waals surface area contributed by atoms with Crippen LogP contribution in [0, 0.1) is 0 Å². The molecule has 0 fully saturated rings. The summed E-state index contributed by atoms with van der Waals surface area (Å²) in [6, 6.07) is 64.6. The van der Waals surface area contributed by atoms with Crippen LogP contribution >= 0.6 is 11.3 Å². The van der Waals surface area contributed by atoms with Crippen LogP contribution in [0.2, 0.25) is 0 Å². The molecule has 1 unspecified atom stereocenters. The number of thiophene rings is 1. The number of nitrogens with zero attached hydrogens (tertiary/aromatic N) is 2. The van der Waals surface area contributed by atoms with Crippen molar-refractivity contribution in [3.05, 3.63) is 199 Å². The molecule has 0 radical (unpaired) electrons. The van der Waals surface area contributed by atoms with Gasteiger partial charge in [-0.25, -0.2) is 5.01 Å². The first-order valence-corrected chi connectivity index (χ1v) is 19.3. The van der Waals surface area contributed by atoms with E-state index >= 15 is 0 Å². The Morgan fingerprint density at radius 3 is 1.94 bits per heavy atom. The molecule has 54 heavy (non-hydrogen) atoms. The Bertz CT molecular complexity index is 2950. The van der Waals surface area contributed by atoms with E-state index in [1.165, 1.54) is 63.9 Å². The molecule has 10 rings (SSSR count). The zero-order chi connectivity index (χ0) is 36.2. The summed E-state index contributed by atoms with van der Waals surface area (Å²) in [5.41, 5.74) is 16.3. The molecule has 0 aliphatic carbocycles. The summed E-state index contributed by atoms with van der Waals surface area (Å²) in [7, 11) is 0. The molecular weight excluding hydrogens is 677 g/mol. The minimum absolute atomic E-state index is 0.221. The minimum Gasteiger partial charge on any atom is -0.322 e. The van der Waals surface area contributed by atoms with E-state index in [9.17, 15) is 0 Å². The molecule has 2 atom stereocenters. The molecule has 8 aromatic carbocycles. The van der Waals surface area contributed by atoms with Gasteiger partial charge >= 0.3 is 0 Å². The maximum atomic E-state index is 7.14. The van der Waals surface area contributed by atoms with Crippen molar-refractivity contribution in [2.45, 2.75) is 18.6 Å². The topological polar surface area (TPSA) is 60.2 Å². The van der Waals surface area contributed by atoms with Gasteiger partial charge in [-0.15, -0.1) is 11.3 Å². The summed E-state index contributed by atoms with van der Waals surface area (Å²) in [6.07, 6.45) is 0. The van der Waals surface area contributed by atoms with E-state index in [1.54, 1.807) is 0 Å². The molecule has 0 bridgehead atoms. The lowest BCUT2D eigenvalue weighted by Crippen LogP contribution is -2.40. The van der Waals surface area contributed by atoms with Crippen LogP contribution in [-0.4, -0.2) is 9.58 Å². The van der Waals surface area contributed by atoms with E-state index < -0.39 is 0 Å². The number of aromatic nitrogens is 1. The second kappa shape index (κ2) is 13.4. The Labute approximate surface area is 318 Å². The average molecular weight is 715 g/mol. The molecule has 0 saturated heterocycles. The van der Waals surface area contributed by atoms with Crippen molar-refractivity contribution in [1.29, 1.82) is 0 Å². The van der Waals surface area contributed by atoms with Crippen molar-refractivity contribution in [3.8, 4) is 16.8 Å². The Morgan fingerprint density at radius 2 is 1.15 bits per heavy atom. The van der Waals surface area contributed by atoms with Crippen LogP contribution in [0.3, 0.4) is 0 Å². The molecule has 0 saturated carbocycles. The summed E-state index contributed by atoms with van der Waals surface area (Å²) in [5.74, 6) is 6.85. The second-order valence-corrected chi connectivity index (χ2v) is 15.3. The Morgan fingerprint density at radius 1 is 0.519 bits per heavy atom. The number of hydrazine groups is 1. The van der Waals surface area contributed by atoms with Gasteiger partial charge in [-0.2, -0.15) is 0 Å². The normalized spacial score (nSPS) is 13.1. The Kier molecular flexibility index (Phi) is 8.08. The highest BCUT2D eigenvalue weighted by Gasteiger charge is 2.27. The number of hydrogen-bond acceptors (Lipinski definition) is 4. The fourth-order valence-electron chi connectivity index (χ4n) is 8.33. The van der Waals surface area contributed by atoms with Crippen molar-refractivity contribution < 1.29 is 0 Å². The lowest BCUT2D eigenvalue weighted by molar-refractivity contribution is 0.166. The van der Waals surface area contributed by atoms with Gasteiger partial charge < -0.3 is 10.3 Å². The van der Waals surface area contributed by atoms with Crippen molar-refractivity contribution in [2.75, 3.05) is 0 Å². The zero-order valence-electron chi connectivity index (χ0n) is 29.6. The quantitative estimate of drug-likeness (QED) is 0.122. The zero-order valence-corrected chi connectivity index (χ0v) is 30.5. The summed E-state index contributed by atoms with van der Waals surface area (Å²) in [5, 5.41) is 9.48. The van der Waals surface area contributed by atoms with Gasteiger partial charge in [0.1, 0.15) is 0 Å². The van der Waals surface area contributed by atoms with Crippen LogP contribution in [0.1, 0.15) is 28.8 Å². The summed E-state index contributed by atoms with van der Waals surface area (Å²) in [4.78, 5) is 0. The summed E-state index contributed by atoms with van der Waals surface area (Å²) < 4.78 is 5.03. The van der Waals surface area contributed by atoms with Crippen LogP contribution in [0.15, 0.2) is 182 Å². The highest BCUT2D eigenvalue weighted by molar-refractivity contribution is 7.25. The van der Waals surface area contributed by atoms with Crippen LogP contribution in [0.25, 0.3) is 69.6 Å². The Hall–Kier alpha value is -6.08. The van der Waals surface area contributed by atoms with Crippen molar-refractivity contribution >= 4 is 64.1 Å². The van der Waals surface area contributed by atoms with Gasteiger partial charge in [0.05, 0.1) is 23.1 Å². The van der Waals surface area contributed by atoms with Crippen LogP contribution in [-0.2, 0) is 6.54 Å². The van der Waals surface area contributed by atoms with E-state index in [4.69, 9.17) is 11.6 Å². The molecule has 2 heterocycles. The molecule has 0 amide bonds. The smallest absolute Gasteiger partial charge is 0.0687 e. The van der Waals surface area contributed by atoms with Crippen molar-refractivity contribution in [2.24, 2.45) is 11.6 Å². The molecule has 5 heteroatoms. The SMILES string of the molecule is N[C@@H](c1ccc(-n2c3ccc(-c4ccc5sc6ccccc6c5c4)cc3c3c4ccccc4ccc32)cc1)C(c1ccccc1)N(N)Cc1ccccc1. The molecule has 2 aromatic heterocycles. The van der Waals surface area contributed by atoms with Gasteiger partial charge in [-0.3, -0.25) is 5.84 Å². The predicted molar refractivity (Wildman–Crippen MR) is 229 cm³/mol. The molecular formula is C49H38N4S. The summed E-state index contributed by atoms with van der Waals surface area (Å²) >= 11 is 1.86. The van der Waals surface area contributed by atoms with Gasteiger partial charge in [0, 0.05) is 43.2 Å². The number of benzene rings is 8. The standard InChI is InChI=1S/C49H38N4S/c50-48(49(35-14-5-2-6-15-35)52(51)31-32-11-3-1-4-12-32)34-19-24-38(25-20-34)53-43-26-22-36(30-42(43)47-39-16-8-7-13-33(39)21-27-44(47)53)37-23-28-46-41(29-37)40-17-9-10-18-45(40)54-46/h1-30,48-49H,31,50-51H2/t48-,49?/m0/s1. The molecule has 4 nitrogen and oxygen atoms in total. The number of nitrogens with two attached hydrogens (primary N) is 2. The first kappa shape index (κ1) is 32.6. The first-order chi connectivity index (χ1) is 26.6. The largest absolute Gasteiger partial charge is 0.322 e. The minimum atomic E-state index is -0.350. The first-order valence-electron chi connectivity index (χ1n) is 18.4. The average Bonchev–Trinajstić information content (AvgIpc) is 3.77. The van der Waals surface area contributed by atoms with E-state index in [1.807, 2.05) is 52.7 Å². The molecule has 10 aromatic rings. The van der Waals surface area contributed by atoms with Crippen LogP contribution < -0.4 is 11.6 Å². The monoisotopic (exact) mass is 714 g/mol. The third-order valence-electron chi connectivity index (χ3n) is 10.9. The number of fused-ring (bicyclic) bond motifs is 8. The lowest BCUT2D eigenvalue weighted by Gasteiger charge is -2.33. The molecule has 0 aliphatic heterocycles. The number of rotatable bonds is 8. The van der Waals surface area contributed by atoms with Crippen LogP contribution in [0.5, 0.6) is 0 Å². The molecule has 260 valence electrons. The van der Waals surface area contributed by atoms with Gasteiger partial charge in [-0.05, 0) is 87.1 Å². The van der Waals surface area contributed by atoms with Crippen molar-refractivity contribution in [3.63, 3.8) is 0 Å². The van der Waals surface area contributed by atoms with Gasteiger partial charge in [0.2, 0.25) is 0 Å². The molecule has 0 spiro atoms. The maximum absolute atomic E-state index is 7.14. The third kappa shape index (κ3) is 5.57. The van der Waals surface area contributed by atoms with E-state index in [-0.39, 0.29) is 12.1 Å². The fourth-order valence-corrected chi connectivity index (χ4v) is 9.42. The molecule has 0 aliphatic rings. The highest BCUT2D eigenvalue weighted by Crippen LogP contribution is 2.41. The van der Waals surface area contributed by atoms with Crippen LogP contribution in [0.4, 0.5) is 0 Å². The lowest BCUT2D eigenvalue weighted by atomic mass is 9.93. The second-order valence-electron chi connectivity index (χ2n) is 14.2. The third-order valence-corrected chi connectivity index (χ3v) is 12.1. The maximum Gasteiger partial charge on any atom is 0.0687 e. The van der Waals surface area contributed by atoms with Gasteiger partial charge in [-0.1, -0.05) is 133 Å². The number of hydrogen-bond donors (Lipinski definition) is 2. The van der Waals surface area contributed by atoms with Crippen molar-refractivity contribution in [1.82, 2.24) is 9.58 Å². The Balaban J connectivity index is 1.08.